The fourth-order valence-corrected chi connectivity index (χ4v) is 5.38. The molecule has 0 aliphatic rings. The zero-order chi connectivity index (χ0) is 25.9. The average Bonchev–Trinajstić information content (AvgIpc) is 2.88. The number of aryl methyl sites for hydroxylation is 1. The van der Waals surface area contributed by atoms with Gasteiger partial charge in [-0.2, -0.15) is 0 Å². The van der Waals surface area contributed by atoms with Crippen molar-refractivity contribution in [3.63, 3.8) is 0 Å². The lowest BCUT2D eigenvalue weighted by molar-refractivity contribution is -0.139. The first-order valence-electron chi connectivity index (χ1n) is 12.1. The number of halogens is 2. The molecule has 0 unspecified atom stereocenters. The second kappa shape index (κ2) is 14.3. The molecule has 0 aromatic heterocycles. The van der Waals surface area contributed by atoms with Gasteiger partial charge in [-0.3, -0.25) is 9.59 Å². The second-order valence-electron chi connectivity index (χ2n) is 8.64. The van der Waals surface area contributed by atoms with Gasteiger partial charge >= 0.3 is 0 Å². The number of thioether (sulfide) groups is 1. The summed E-state index contributed by atoms with van der Waals surface area (Å²) in [7, 11) is 0. The van der Waals surface area contributed by atoms with Gasteiger partial charge in [0.1, 0.15) is 6.04 Å². The third-order valence-corrected chi connectivity index (χ3v) is 7.63. The van der Waals surface area contributed by atoms with Crippen molar-refractivity contribution >= 4 is 46.8 Å². The molecule has 1 atom stereocenters. The smallest absolute Gasteiger partial charge is 0.243 e. The molecule has 0 bridgehead atoms. The summed E-state index contributed by atoms with van der Waals surface area (Å²) in [6, 6.07) is 22.5. The zero-order valence-electron chi connectivity index (χ0n) is 20.7. The molecule has 190 valence electrons. The van der Waals surface area contributed by atoms with Crippen LogP contribution in [0.1, 0.15) is 35.6 Å². The molecule has 0 saturated carbocycles. The molecule has 3 aromatic carbocycles. The summed E-state index contributed by atoms with van der Waals surface area (Å²) < 4.78 is 0. The largest absolute Gasteiger partial charge is 0.354 e. The van der Waals surface area contributed by atoms with Crippen LogP contribution in [0.2, 0.25) is 10.0 Å². The Morgan fingerprint density at radius 1 is 0.944 bits per heavy atom. The van der Waals surface area contributed by atoms with Crippen LogP contribution >= 0.6 is 35.0 Å². The van der Waals surface area contributed by atoms with Crippen LogP contribution in [0.15, 0.2) is 72.8 Å². The van der Waals surface area contributed by atoms with E-state index in [1.165, 1.54) is 11.1 Å². The van der Waals surface area contributed by atoms with E-state index in [1.54, 1.807) is 34.9 Å². The summed E-state index contributed by atoms with van der Waals surface area (Å²) in [6.45, 7) is 4.76. The number of nitrogens with one attached hydrogen (secondary N) is 1. The topological polar surface area (TPSA) is 49.4 Å². The normalized spacial score (nSPS) is 11.7. The van der Waals surface area contributed by atoms with Gasteiger partial charge in [-0.25, -0.2) is 0 Å². The molecule has 0 heterocycles. The van der Waals surface area contributed by atoms with Crippen LogP contribution in [0.3, 0.4) is 0 Å². The fraction of sp³-hybridized carbons (Fsp3) is 0.310. The maximum absolute atomic E-state index is 13.7. The molecule has 0 spiro atoms. The fourth-order valence-electron chi connectivity index (χ4n) is 3.88. The Hall–Kier alpha value is -2.47. The van der Waals surface area contributed by atoms with Gasteiger partial charge in [-0.1, -0.05) is 90.8 Å². The van der Waals surface area contributed by atoms with Crippen molar-refractivity contribution in [3.8, 4) is 0 Å². The second-order valence-corrected chi connectivity index (χ2v) is 10.4. The van der Waals surface area contributed by atoms with Crippen molar-refractivity contribution in [2.24, 2.45) is 0 Å². The number of benzene rings is 3. The molecule has 36 heavy (non-hydrogen) atoms. The number of nitrogens with zero attached hydrogens (tertiary/aromatic N) is 1. The summed E-state index contributed by atoms with van der Waals surface area (Å²) in [4.78, 5) is 28.7. The van der Waals surface area contributed by atoms with E-state index in [0.29, 0.717) is 34.3 Å². The Bertz CT molecular complexity index is 1140. The molecule has 3 aromatic rings. The van der Waals surface area contributed by atoms with Crippen molar-refractivity contribution in [3.05, 3.63) is 105 Å². The summed E-state index contributed by atoms with van der Waals surface area (Å²) in [5.41, 5.74) is 4.00. The first-order valence-corrected chi connectivity index (χ1v) is 14.0. The minimum absolute atomic E-state index is 0.128. The van der Waals surface area contributed by atoms with Crippen LogP contribution in [0.5, 0.6) is 0 Å². The van der Waals surface area contributed by atoms with Gasteiger partial charge in [0.05, 0.1) is 5.75 Å². The first-order chi connectivity index (χ1) is 17.4. The molecule has 3 rings (SSSR count). The van der Waals surface area contributed by atoms with Crippen LogP contribution in [-0.2, 0) is 28.3 Å². The number of rotatable bonds is 12. The quantitative estimate of drug-likeness (QED) is 0.277. The van der Waals surface area contributed by atoms with Crippen molar-refractivity contribution < 1.29 is 9.59 Å². The highest BCUT2D eigenvalue weighted by Crippen LogP contribution is 2.28. The summed E-state index contributed by atoms with van der Waals surface area (Å²) >= 11 is 14.5. The zero-order valence-corrected chi connectivity index (χ0v) is 23.0. The maximum atomic E-state index is 13.7. The number of amides is 2. The Labute approximate surface area is 228 Å². The van der Waals surface area contributed by atoms with E-state index in [9.17, 15) is 9.59 Å². The van der Waals surface area contributed by atoms with Gasteiger partial charge in [0.2, 0.25) is 11.8 Å². The molecule has 0 radical (unpaired) electrons. The standard InChI is InChI=1S/C29H32Cl2N2O2S/c1-3-16-32-29(35)27(17-22-11-5-4-6-12-22)33(18-24-25(30)14-9-15-26(24)31)28(34)20-36-19-23-13-8-7-10-21(23)2/h4-15,27H,3,16-20H2,1-2H3,(H,32,35)/t27-/m1/s1. The summed E-state index contributed by atoms with van der Waals surface area (Å²) in [5, 5.41) is 3.93. The highest BCUT2D eigenvalue weighted by Gasteiger charge is 2.31. The van der Waals surface area contributed by atoms with Crippen LogP contribution in [0, 0.1) is 6.92 Å². The highest BCUT2D eigenvalue weighted by atomic mass is 35.5. The van der Waals surface area contributed by atoms with Gasteiger partial charge in [-0.05, 0) is 42.2 Å². The minimum atomic E-state index is -0.696. The Morgan fingerprint density at radius 3 is 2.28 bits per heavy atom. The number of carbonyl (C=O) groups excluding carboxylic acids is 2. The maximum Gasteiger partial charge on any atom is 0.243 e. The van der Waals surface area contributed by atoms with Gasteiger partial charge in [0, 0.05) is 40.9 Å². The van der Waals surface area contributed by atoms with E-state index < -0.39 is 6.04 Å². The van der Waals surface area contributed by atoms with Gasteiger partial charge < -0.3 is 10.2 Å². The van der Waals surface area contributed by atoms with E-state index in [-0.39, 0.29) is 24.1 Å². The molecule has 0 aliphatic heterocycles. The lowest BCUT2D eigenvalue weighted by atomic mass is 10.0. The number of carbonyl (C=O) groups is 2. The van der Waals surface area contributed by atoms with Crippen LogP contribution in [0.4, 0.5) is 0 Å². The lowest BCUT2D eigenvalue weighted by Gasteiger charge is -2.32. The molecule has 7 heteroatoms. The molecular weight excluding hydrogens is 511 g/mol. The van der Waals surface area contributed by atoms with E-state index >= 15 is 0 Å². The van der Waals surface area contributed by atoms with E-state index in [0.717, 1.165) is 12.0 Å². The predicted octanol–water partition coefficient (Wildman–Crippen LogP) is 6.70. The molecule has 2 amide bonds. The van der Waals surface area contributed by atoms with Crippen LogP contribution in [-0.4, -0.2) is 35.1 Å². The van der Waals surface area contributed by atoms with Gasteiger partial charge in [-0.15, -0.1) is 11.8 Å². The van der Waals surface area contributed by atoms with E-state index in [4.69, 9.17) is 23.2 Å². The molecule has 0 fully saturated rings. The van der Waals surface area contributed by atoms with E-state index in [2.05, 4.69) is 24.4 Å². The monoisotopic (exact) mass is 542 g/mol. The Balaban J connectivity index is 1.89. The van der Waals surface area contributed by atoms with Crippen LogP contribution in [0.25, 0.3) is 0 Å². The number of hydrogen-bond donors (Lipinski definition) is 1. The third kappa shape index (κ3) is 8.02. The highest BCUT2D eigenvalue weighted by molar-refractivity contribution is 7.99. The summed E-state index contributed by atoms with van der Waals surface area (Å²) in [6.07, 6.45) is 1.20. The van der Waals surface area contributed by atoms with Crippen molar-refractivity contribution in [2.45, 2.75) is 45.0 Å². The minimum Gasteiger partial charge on any atom is -0.354 e. The van der Waals surface area contributed by atoms with Crippen molar-refractivity contribution in [1.82, 2.24) is 10.2 Å². The molecule has 0 aliphatic carbocycles. The first kappa shape index (κ1) is 28.1. The molecule has 4 nitrogen and oxygen atoms in total. The SMILES string of the molecule is CCCNC(=O)[C@@H](Cc1ccccc1)N(Cc1c(Cl)cccc1Cl)C(=O)CSCc1ccccc1C. The van der Waals surface area contributed by atoms with E-state index in [1.807, 2.05) is 49.4 Å². The van der Waals surface area contributed by atoms with Crippen molar-refractivity contribution in [2.75, 3.05) is 12.3 Å². The lowest BCUT2D eigenvalue weighted by Crippen LogP contribution is -2.51. The molecular formula is C29H32Cl2N2O2S. The molecule has 1 N–H and O–H groups in total. The average molecular weight is 544 g/mol. The number of hydrogen-bond acceptors (Lipinski definition) is 3. The van der Waals surface area contributed by atoms with Gasteiger partial charge in [0.25, 0.3) is 0 Å². The third-order valence-electron chi connectivity index (χ3n) is 5.95. The summed E-state index contributed by atoms with van der Waals surface area (Å²) in [5.74, 6) is 0.644. The van der Waals surface area contributed by atoms with Crippen molar-refractivity contribution in [1.29, 1.82) is 0 Å². The molecule has 0 saturated heterocycles. The Morgan fingerprint density at radius 2 is 1.61 bits per heavy atom. The van der Waals surface area contributed by atoms with Gasteiger partial charge in [0.15, 0.2) is 0 Å². The Kier molecular flexibility index (Phi) is 11.2. The van der Waals surface area contributed by atoms with Crippen LogP contribution < -0.4 is 5.32 Å². The predicted molar refractivity (Wildman–Crippen MR) is 152 cm³/mol.